The van der Waals surface area contributed by atoms with Crippen LogP contribution in [0.3, 0.4) is 0 Å². The first-order valence-corrected chi connectivity index (χ1v) is 4.17. The largest absolute Gasteiger partial charge is 0.508 e. The molecule has 1 aliphatic heterocycles. The van der Waals surface area contributed by atoms with Crippen LogP contribution in [0.25, 0.3) is 0 Å². The smallest absolute Gasteiger partial charge is 0.121 e. The summed E-state index contributed by atoms with van der Waals surface area (Å²) < 4.78 is 5.27. The van der Waals surface area contributed by atoms with Gasteiger partial charge in [0.2, 0.25) is 0 Å². The number of aryl methyl sites for hydroxylation is 1. The minimum Gasteiger partial charge on any atom is -0.508 e. The van der Waals surface area contributed by atoms with Crippen LogP contribution in [0.15, 0.2) is 12.1 Å². The molecule has 0 saturated carbocycles. The number of phenols is 1. The van der Waals surface area contributed by atoms with Gasteiger partial charge in [0.1, 0.15) is 5.75 Å². The van der Waals surface area contributed by atoms with Gasteiger partial charge in [0.15, 0.2) is 0 Å². The van der Waals surface area contributed by atoms with E-state index in [2.05, 4.69) is 6.92 Å². The van der Waals surface area contributed by atoms with E-state index in [1.165, 1.54) is 11.1 Å². The minimum absolute atomic E-state index is 0.371. The van der Waals surface area contributed by atoms with E-state index in [9.17, 15) is 5.11 Å². The van der Waals surface area contributed by atoms with E-state index < -0.39 is 0 Å². The third-order valence-electron chi connectivity index (χ3n) is 2.38. The van der Waals surface area contributed by atoms with Crippen molar-refractivity contribution >= 4 is 0 Å². The number of hydrogen-bond donors (Lipinski definition) is 1. The lowest BCUT2D eigenvalue weighted by Gasteiger charge is -2.19. The van der Waals surface area contributed by atoms with Crippen LogP contribution in [0.4, 0.5) is 0 Å². The van der Waals surface area contributed by atoms with Gasteiger partial charge in [-0.25, -0.2) is 0 Å². The van der Waals surface area contributed by atoms with E-state index in [-0.39, 0.29) is 0 Å². The second-order valence-electron chi connectivity index (χ2n) is 3.16. The van der Waals surface area contributed by atoms with E-state index >= 15 is 0 Å². The number of aromatic hydroxyl groups is 1. The van der Waals surface area contributed by atoms with Crippen LogP contribution < -0.4 is 0 Å². The van der Waals surface area contributed by atoms with Crippen LogP contribution in [-0.2, 0) is 17.8 Å². The third kappa shape index (κ3) is 1.08. The van der Waals surface area contributed by atoms with Crippen LogP contribution in [0.5, 0.6) is 5.75 Å². The molecule has 0 aromatic heterocycles. The van der Waals surface area contributed by atoms with Crippen molar-refractivity contribution in [3.8, 4) is 5.75 Å². The molecule has 0 unspecified atom stereocenters. The van der Waals surface area contributed by atoms with Gasteiger partial charge in [-0.2, -0.15) is 0 Å². The number of hydrogen-bond acceptors (Lipinski definition) is 2. The molecule has 64 valence electrons. The summed E-state index contributed by atoms with van der Waals surface area (Å²) in [6.45, 7) is 3.41. The highest BCUT2D eigenvalue weighted by Crippen LogP contribution is 2.28. The topological polar surface area (TPSA) is 29.5 Å². The first-order valence-electron chi connectivity index (χ1n) is 4.17. The van der Waals surface area contributed by atoms with Crippen molar-refractivity contribution in [3.05, 3.63) is 28.8 Å². The first-order chi connectivity index (χ1) is 5.79. The van der Waals surface area contributed by atoms with Crippen molar-refractivity contribution < 1.29 is 9.84 Å². The Morgan fingerprint density at radius 3 is 2.92 bits per heavy atom. The quantitative estimate of drug-likeness (QED) is 0.633. The molecule has 0 saturated heterocycles. The van der Waals surface area contributed by atoms with Gasteiger partial charge < -0.3 is 9.84 Å². The summed E-state index contributed by atoms with van der Waals surface area (Å²) >= 11 is 0. The summed E-state index contributed by atoms with van der Waals surface area (Å²) in [5.41, 5.74) is 3.49. The van der Waals surface area contributed by atoms with Crippen molar-refractivity contribution in [2.45, 2.75) is 20.0 Å². The molecule has 2 rings (SSSR count). The van der Waals surface area contributed by atoms with Gasteiger partial charge in [-0.15, -0.1) is 0 Å². The summed E-state index contributed by atoms with van der Waals surface area (Å²) in [7, 11) is 0. The Bertz CT molecular complexity index is 274. The molecule has 0 bridgehead atoms. The molecule has 1 aromatic rings. The molecule has 0 atom stereocenters. The van der Waals surface area contributed by atoms with Gasteiger partial charge in [-0.05, 0) is 30.5 Å². The van der Waals surface area contributed by atoms with Crippen molar-refractivity contribution in [3.63, 3.8) is 0 Å². The molecule has 12 heavy (non-hydrogen) atoms. The van der Waals surface area contributed by atoms with E-state index in [0.29, 0.717) is 12.4 Å². The zero-order valence-corrected chi connectivity index (χ0v) is 7.13. The summed E-state index contributed by atoms with van der Waals surface area (Å²) in [6.07, 6.45) is 0.926. The first kappa shape index (κ1) is 7.62. The molecule has 0 amide bonds. The fourth-order valence-electron chi connectivity index (χ4n) is 1.66. The standard InChI is InChI=1S/C10H12O2/c1-7-2-3-10(11)9-6-12-5-4-8(7)9/h2-3,11H,4-6H2,1H3. The third-order valence-corrected chi connectivity index (χ3v) is 2.38. The molecule has 1 aliphatic rings. The van der Waals surface area contributed by atoms with Crippen molar-refractivity contribution in [2.24, 2.45) is 0 Å². The number of rotatable bonds is 0. The number of phenolic OH excluding ortho intramolecular Hbond substituents is 1. The van der Waals surface area contributed by atoms with Crippen LogP contribution in [0, 0.1) is 6.92 Å². The van der Waals surface area contributed by atoms with E-state index in [1.807, 2.05) is 6.07 Å². The summed E-state index contributed by atoms with van der Waals surface area (Å²) in [6, 6.07) is 3.70. The maximum absolute atomic E-state index is 9.50. The molecule has 2 heteroatoms. The predicted molar refractivity (Wildman–Crippen MR) is 46.2 cm³/mol. The Labute approximate surface area is 71.8 Å². The molecule has 0 spiro atoms. The molecule has 0 fully saturated rings. The number of fused-ring (bicyclic) bond motifs is 1. The predicted octanol–water partition coefficient (Wildman–Crippen LogP) is 1.77. The normalized spacial score (nSPS) is 15.8. The molecule has 0 aliphatic carbocycles. The average Bonchev–Trinajstić information content (AvgIpc) is 2.12. The van der Waals surface area contributed by atoms with Gasteiger partial charge >= 0.3 is 0 Å². The summed E-state index contributed by atoms with van der Waals surface area (Å²) in [4.78, 5) is 0. The molecule has 1 heterocycles. The van der Waals surface area contributed by atoms with Crippen LogP contribution in [0.1, 0.15) is 16.7 Å². The maximum Gasteiger partial charge on any atom is 0.121 e. The zero-order chi connectivity index (χ0) is 8.55. The number of ether oxygens (including phenoxy) is 1. The highest BCUT2D eigenvalue weighted by Gasteiger charge is 2.14. The van der Waals surface area contributed by atoms with E-state index in [1.54, 1.807) is 6.07 Å². The minimum atomic E-state index is 0.371. The van der Waals surface area contributed by atoms with Gasteiger partial charge in [0.25, 0.3) is 0 Å². The highest BCUT2D eigenvalue weighted by atomic mass is 16.5. The molecule has 1 aromatic carbocycles. The van der Waals surface area contributed by atoms with Gasteiger partial charge in [-0.1, -0.05) is 6.07 Å². The van der Waals surface area contributed by atoms with Crippen molar-refractivity contribution in [2.75, 3.05) is 6.61 Å². The highest BCUT2D eigenvalue weighted by molar-refractivity contribution is 5.44. The second-order valence-corrected chi connectivity index (χ2v) is 3.16. The molecule has 2 nitrogen and oxygen atoms in total. The Morgan fingerprint density at radius 2 is 2.17 bits per heavy atom. The maximum atomic E-state index is 9.50. The van der Waals surface area contributed by atoms with Crippen LogP contribution >= 0.6 is 0 Å². The lowest BCUT2D eigenvalue weighted by molar-refractivity contribution is 0.108. The zero-order valence-electron chi connectivity index (χ0n) is 7.13. The molecular formula is C10H12O2. The molecule has 1 N–H and O–H groups in total. The van der Waals surface area contributed by atoms with E-state index in [0.717, 1.165) is 18.6 Å². The Hall–Kier alpha value is -1.02. The van der Waals surface area contributed by atoms with Gasteiger partial charge in [0, 0.05) is 5.56 Å². The Balaban J connectivity index is 2.57. The van der Waals surface area contributed by atoms with Crippen molar-refractivity contribution in [1.82, 2.24) is 0 Å². The summed E-state index contributed by atoms with van der Waals surface area (Å²) in [5.74, 6) is 0.371. The number of benzene rings is 1. The second kappa shape index (κ2) is 2.79. The lowest BCUT2D eigenvalue weighted by atomic mass is 9.97. The molecule has 0 radical (unpaired) electrons. The Morgan fingerprint density at radius 1 is 1.33 bits per heavy atom. The van der Waals surface area contributed by atoms with Gasteiger partial charge in [0.05, 0.1) is 13.2 Å². The van der Waals surface area contributed by atoms with Crippen molar-refractivity contribution in [1.29, 1.82) is 0 Å². The van der Waals surface area contributed by atoms with Gasteiger partial charge in [-0.3, -0.25) is 0 Å². The molecular weight excluding hydrogens is 152 g/mol. The SMILES string of the molecule is Cc1ccc(O)c2c1CCOC2. The van der Waals surface area contributed by atoms with Crippen LogP contribution in [0.2, 0.25) is 0 Å². The summed E-state index contributed by atoms with van der Waals surface area (Å²) in [5, 5.41) is 9.50. The average molecular weight is 164 g/mol. The fourth-order valence-corrected chi connectivity index (χ4v) is 1.66. The van der Waals surface area contributed by atoms with E-state index in [4.69, 9.17) is 4.74 Å². The Kier molecular flexibility index (Phi) is 1.77. The fraction of sp³-hybridized carbons (Fsp3) is 0.400. The monoisotopic (exact) mass is 164 g/mol. The lowest BCUT2D eigenvalue weighted by Crippen LogP contribution is -2.11. The van der Waals surface area contributed by atoms with Crippen LogP contribution in [-0.4, -0.2) is 11.7 Å².